The smallest absolute Gasteiger partial charge is 0.266 e. The first-order valence-corrected chi connectivity index (χ1v) is 9.68. The second-order valence-electron chi connectivity index (χ2n) is 7.12. The molecule has 0 saturated carbocycles. The first-order chi connectivity index (χ1) is 13.7. The zero-order valence-electron chi connectivity index (χ0n) is 15.7. The molecule has 1 aliphatic heterocycles. The van der Waals surface area contributed by atoms with E-state index in [1.165, 1.54) is 10.7 Å². The molecule has 0 radical (unpaired) electrons. The lowest BCUT2D eigenvalue weighted by molar-refractivity contribution is 0.0909. The van der Waals surface area contributed by atoms with Gasteiger partial charge >= 0.3 is 0 Å². The Morgan fingerprint density at radius 1 is 1.25 bits per heavy atom. The van der Waals surface area contributed by atoms with Gasteiger partial charge in [0, 0.05) is 37.0 Å². The van der Waals surface area contributed by atoms with E-state index in [9.17, 15) is 9.59 Å². The molecule has 28 heavy (non-hydrogen) atoms. The molecule has 2 aromatic heterocycles. The van der Waals surface area contributed by atoms with Crippen molar-refractivity contribution in [2.24, 2.45) is 0 Å². The Bertz CT molecular complexity index is 1010. The third-order valence-electron chi connectivity index (χ3n) is 5.31. The minimum absolute atomic E-state index is 0.0806. The van der Waals surface area contributed by atoms with Crippen LogP contribution in [-0.2, 0) is 6.54 Å². The molecule has 1 unspecified atom stereocenters. The van der Waals surface area contributed by atoms with Crippen LogP contribution >= 0.6 is 0 Å². The van der Waals surface area contributed by atoms with Gasteiger partial charge in [-0.1, -0.05) is 6.42 Å². The summed E-state index contributed by atoms with van der Waals surface area (Å²) in [6.07, 6.45) is 6.58. The van der Waals surface area contributed by atoms with Gasteiger partial charge in [-0.15, -0.1) is 0 Å². The molecule has 3 heterocycles. The topological polar surface area (TPSA) is 95.9 Å². The summed E-state index contributed by atoms with van der Waals surface area (Å²) >= 11 is 0. The minimum atomic E-state index is -0.0847. The molecule has 1 saturated heterocycles. The number of nitrogens with zero attached hydrogens (tertiary/aromatic N) is 4. The first kappa shape index (κ1) is 18.4. The van der Waals surface area contributed by atoms with Crippen LogP contribution in [0.2, 0.25) is 0 Å². The number of benzene rings is 1. The van der Waals surface area contributed by atoms with Gasteiger partial charge in [-0.25, -0.2) is 9.67 Å². The minimum Gasteiger partial charge on any atom is -0.350 e. The predicted molar refractivity (Wildman–Crippen MR) is 106 cm³/mol. The molecule has 1 amide bonds. The van der Waals surface area contributed by atoms with E-state index in [2.05, 4.69) is 25.3 Å². The Hall–Kier alpha value is -3.00. The number of rotatable bonds is 6. The molecule has 4 rings (SSSR count). The quantitative estimate of drug-likeness (QED) is 0.674. The number of piperidine rings is 1. The number of nitrogens with one attached hydrogen (secondary N) is 2. The Labute approximate surface area is 162 Å². The largest absolute Gasteiger partial charge is 0.350 e. The maximum absolute atomic E-state index is 12.6. The predicted octanol–water partition coefficient (Wildman–Crippen LogP) is 1.40. The third-order valence-corrected chi connectivity index (χ3v) is 5.31. The van der Waals surface area contributed by atoms with E-state index in [4.69, 9.17) is 0 Å². The van der Waals surface area contributed by atoms with E-state index in [0.717, 1.165) is 43.4 Å². The van der Waals surface area contributed by atoms with Crippen molar-refractivity contribution in [2.75, 3.05) is 19.6 Å². The fourth-order valence-corrected chi connectivity index (χ4v) is 3.75. The summed E-state index contributed by atoms with van der Waals surface area (Å²) in [4.78, 5) is 34.0. The van der Waals surface area contributed by atoms with Crippen LogP contribution in [0.4, 0.5) is 0 Å². The highest BCUT2D eigenvalue weighted by Crippen LogP contribution is 2.17. The SMILES string of the molecule is O=C(NCC1CCCCN1CCn1ncccc1=O)c1ccc2nc[nH]c2c1. The molecule has 1 fully saturated rings. The van der Waals surface area contributed by atoms with Crippen molar-refractivity contribution in [1.82, 2.24) is 30.0 Å². The van der Waals surface area contributed by atoms with Crippen LogP contribution in [0, 0.1) is 0 Å². The Morgan fingerprint density at radius 2 is 2.18 bits per heavy atom. The lowest BCUT2D eigenvalue weighted by atomic mass is 10.0. The molecule has 146 valence electrons. The molecule has 1 atom stereocenters. The van der Waals surface area contributed by atoms with E-state index in [1.807, 2.05) is 12.1 Å². The van der Waals surface area contributed by atoms with Crippen molar-refractivity contribution >= 4 is 16.9 Å². The van der Waals surface area contributed by atoms with Gasteiger partial charge in [0.15, 0.2) is 0 Å². The summed E-state index contributed by atoms with van der Waals surface area (Å²) in [7, 11) is 0. The van der Waals surface area contributed by atoms with Crippen LogP contribution in [0.5, 0.6) is 0 Å². The van der Waals surface area contributed by atoms with Crippen molar-refractivity contribution in [1.29, 1.82) is 0 Å². The van der Waals surface area contributed by atoms with Crippen molar-refractivity contribution < 1.29 is 4.79 Å². The molecular formula is C20H24N6O2. The fourth-order valence-electron chi connectivity index (χ4n) is 3.75. The molecular weight excluding hydrogens is 356 g/mol. The zero-order chi connectivity index (χ0) is 19.3. The molecule has 8 nitrogen and oxygen atoms in total. The first-order valence-electron chi connectivity index (χ1n) is 9.68. The van der Waals surface area contributed by atoms with E-state index < -0.39 is 0 Å². The van der Waals surface area contributed by atoms with Gasteiger partial charge in [0.2, 0.25) is 0 Å². The van der Waals surface area contributed by atoms with Gasteiger partial charge in [0.25, 0.3) is 11.5 Å². The molecule has 0 aliphatic carbocycles. The molecule has 3 aromatic rings. The summed E-state index contributed by atoms with van der Waals surface area (Å²) < 4.78 is 1.49. The maximum atomic E-state index is 12.6. The average Bonchev–Trinajstić information content (AvgIpc) is 3.20. The lowest BCUT2D eigenvalue weighted by Gasteiger charge is -2.35. The van der Waals surface area contributed by atoms with Crippen molar-refractivity contribution in [3.8, 4) is 0 Å². The van der Waals surface area contributed by atoms with Crippen molar-refractivity contribution in [3.05, 3.63) is 58.8 Å². The number of hydrogen-bond acceptors (Lipinski definition) is 5. The fraction of sp³-hybridized carbons (Fsp3) is 0.400. The molecule has 1 aromatic carbocycles. The number of carbonyl (C=O) groups is 1. The van der Waals surface area contributed by atoms with E-state index in [-0.39, 0.29) is 17.5 Å². The van der Waals surface area contributed by atoms with Crippen LogP contribution < -0.4 is 10.9 Å². The number of likely N-dealkylation sites (tertiary alicyclic amines) is 1. The summed E-state index contributed by atoms with van der Waals surface area (Å²) in [6.45, 7) is 2.87. The van der Waals surface area contributed by atoms with Crippen LogP contribution in [0.3, 0.4) is 0 Å². The molecule has 8 heteroatoms. The number of hydrogen-bond donors (Lipinski definition) is 2. The van der Waals surface area contributed by atoms with E-state index in [0.29, 0.717) is 18.7 Å². The van der Waals surface area contributed by atoms with Crippen LogP contribution in [0.1, 0.15) is 29.6 Å². The van der Waals surface area contributed by atoms with Crippen molar-refractivity contribution in [3.63, 3.8) is 0 Å². The normalized spacial score (nSPS) is 17.6. The molecule has 2 N–H and O–H groups in total. The standard InChI is InChI=1S/C20H24N6O2/c27-19-5-3-8-24-26(19)11-10-25-9-2-1-4-16(25)13-21-20(28)15-6-7-17-18(12-15)23-14-22-17/h3,5-8,12,14,16H,1-2,4,9-11,13H2,(H,21,28)(H,22,23). The summed E-state index contributed by atoms with van der Waals surface area (Å²) in [5.74, 6) is -0.0806. The number of aromatic amines is 1. The van der Waals surface area contributed by atoms with Crippen LogP contribution in [-0.4, -0.2) is 56.2 Å². The number of carbonyl (C=O) groups excluding carboxylic acids is 1. The monoisotopic (exact) mass is 380 g/mol. The number of fused-ring (bicyclic) bond motifs is 1. The lowest BCUT2D eigenvalue weighted by Crippen LogP contribution is -2.48. The van der Waals surface area contributed by atoms with Crippen molar-refractivity contribution in [2.45, 2.75) is 31.8 Å². The summed E-state index contributed by atoms with van der Waals surface area (Å²) in [6, 6.07) is 8.91. The summed E-state index contributed by atoms with van der Waals surface area (Å²) in [5.41, 5.74) is 2.24. The highest BCUT2D eigenvalue weighted by Gasteiger charge is 2.23. The number of aromatic nitrogens is 4. The maximum Gasteiger partial charge on any atom is 0.266 e. The molecule has 0 spiro atoms. The Kier molecular flexibility index (Phi) is 5.48. The van der Waals surface area contributed by atoms with Gasteiger partial charge in [-0.2, -0.15) is 5.10 Å². The van der Waals surface area contributed by atoms with Crippen LogP contribution in [0.15, 0.2) is 47.7 Å². The van der Waals surface area contributed by atoms with Gasteiger partial charge < -0.3 is 10.3 Å². The van der Waals surface area contributed by atoms with Gasteiger partial charge in [0.1, 0.15) is 0 Å². The molecule has 1 aliphatic rings. The van der Waals surface area contributed by atoms with E-state index in [1.54, 1.807) is 24.7 Å². The highest BCUT2D eigenvalue weighted by molar-refractivity contribution is 5.97. The number of H-pyrrole nitrogens is 1. The third kappa shape index (κ3) is 4.12. The summed E-state index contributed by atoms with van der Waals surface area (Å²) in [5, 5.41) is 7.19. The number of imidazole rings is 1. The highest BCUT2D eigenvalue weighted by atomic mass is 16.1. The van der Waals surface area contributed by atoms with E-state index >= 15 is 0 Å². The average molecular weight is 380 g/mol. The van der Waals surface area contributed by atoms with Crippen LogP contribution in [0.25, 0.3) is 11.0 Å². The second-order valence-corrected chi connectivity index (χ2v) is 7.12. The van der Waals surface area contributed by atoms with Gasteiger partial charge in [0.05, 0.1) is 23.9 Å². The Morgan fingerprint density at radius 3 is 3.07 bits per heavy atom. The second kappa shape index (κ2) is 8.35. The van der Waals surface area contributed by atoms with Gasteiger partial charge in [-0.3, -0.25) is 14.5 Å². The zero-order valence-corrected chi connectivity index (χ0v) is 15.7. The number of amides is 1. The van der Waals surface area contributed by atoms with Gasteiger partial charge in [-0.05, 0) is 43.7 Å². The Balaban J connectivity index is 1.35. The molecule has 0 bridgehead atoms.